The maximum atomic E-state index is 7.52. The van der Waals surface area contributed by atoms with Crippen LogP contribution < -0.4 is 5.73 Å². The lowest BCUT2D eigenvalue weighted by Gasteiger charge is -2.32. The molecule has 1 aliphatic carbocycles. The minimum absolute atomic E-state index is 0.226. The first-order valence-electron chi connectivity index (χ1n) is 6.93. The molecule has 17 heavy (non-hydrogen) atoms. The van der Waals surface area contributed by atoms with Crippen LogP contribution in [0.15, 0.2) is 0 Å². The highest BCUT2D eigenvalue weighted by Crippen LogP contribution is 2.30. The van der Waals surface area contributed by atoms with Crippen LogP contribution in [-0.2, 0) is 4.74 Å². The zero-order valence-corrected chi connectivity index (χ0v) is 11.6. The molecule has 0 radical (unpaired) electrons. The van der Waals surface area contributed by atoms with Gasteiger partial charge < -0.3 is 10.5 Å². The summed E-state index contributed by atoms with van der Waals surface area (Å²) in [4.78, 5) is 0. The third kappa shape index (κ3) is 4.30. The van der Waals surface area contributed by atoms with E-state index in [2.05, 4.69) is 6.92 Å². The second-order valence-electron chi connectivity index (χ2n) is 5.91. The Bertz CT molecular complexity index is 251. The first-order valence-corrected chi connectivity index (χ1v) is 6.93. The van der Waals surface area contributed by atoms with E-state index in [1.165, 1.54) is 32.1 Å². The van der Waals surface area contributed by atoms with Gasteiger partial charge in [-0.1, -0.05) is 40.0 Å². The van der Waals surface area contributed by atoms with Crippen LogP contribution in [0.2, 0.25) is 0 Å². The minimum Gasteiger partial charge on any atom is -0.387 e. The molecule has 1 saturated carbocycles. The fourth-order valence-electron chi connectivity index (χ4n) is 2.46. The Hall–Kier alpha value is -0.570. The van der Waals surface area contributed by atoms with Crippen LogP contribution in [-0.4, -0.2) is 18.5 Å². The predicted molar refractivity (Wildman–Crippen MR) is 72.3 cm³/mol. The van der Waals surface area contributed by atoms with Crippen molar-refractivity contribution < 1.29 is 4.74 Å². The highest BCUT2D eigenvalue weighted by atomic mass is 16.5. The van der Waals surface area contributed by atoms with Gasteiger partial charge in [0.1, 0.15) is 0 Å². The Morgan fingerprint density at radius 3 is 2.59 bits per heavy atom. The number of hydrogen-bond acceptors (Lipinski definition) is 2. The number of hydrogen-bond donors (Lipinski definition) is 2. The average Bonchev–Trinajstić information content (AvgIpc) is 2.29. The molecule has 0 heterocycles. The van der Waals surface area contributed by atoms with Gasteiger partial charge in [0.15, 0.2) is 0 Å². The molecular formula is C14H28N2O. The first kappa shape index (κ1) is 14.5. The average molecular weight is 240 g/mol. The Labute approximate surface area is 106 Å². The lowest BCUT2D eigenvalue weighted by atomic mass is 9.84. The molecule has 3 heteroatoms. The monoisotopic (exact) mass is 240 g/mol. The second kappa shape index (κ2) is 6.39. The molecule has 0 aromatic carbocycles. The first-order chi connectivity index (χ1) is 7.97. The van der Waals surface area contributed by atoms with E-state index >= 15 is 0 Å². The molecule has 2 unspecified atom stereocenters. The summed E-state index contributed by atoms with van der Waals surface area (Å²) in [7, 11) is 0. The smallest absolute Gasteiger partial charge is 0.0963 e. The number of amidine groups is 1. The van der Waals surface area contributed by atoms with E-state index in [1.807, 2.05) is 13.8 Å². The van der Waals surface area contributed by atoms with Gasteiger partial charge in [-0.2, -0.15) is 0 Å². The van der Waals surface area contributed by atoms with Gasteiger partial charge in [-0.25, -0.2) is 0 Å². The van der Waals surface area contributed by atoms with E-state index in [0.29, 0.717) is 6.10 Å². The highest BCUT2D eigenvalue weighted by Gasteiger charge is 2.26. The molecule has 0 amide bonds. The highest BCUT2D eigenvalue weighted by molar-refractivity contribution is 5.82. The molecule has 3 nitrogen and oxygen atoms in total. The van der Waals surface area contributed by atoms with E-state index < -0.39 is 0 Å². The van der Waals surface area contributed by atoms with E-state index in [1.54, 1.807) is 0 Å². The quantitative estimate of drug-likeness (QED) is 0.552. The summed E-state index contributed by atoms with van der Waals surface area (Å²) < 4.78 is 6.02. The molecule has 1 fully saturated rings. The van der Waals surface area contributed by atoms with Crippen molar-refractivity contribution in [3.63, 3.8) is 0 Å². The van der Waals surface area contributed by atoms with E-state index in [4.69, 9.17) is 15.9 Å². The molecular weight excluding hydrogens is 212 g/mol. The summed E-state index contributed by atoms with van der Waals surface area (Å²) in [6.07, 6.45) is 7.69. The van der Waals surface area contributed by atoms with Gasteiger partial charge in [0.05, 0.1) is 11.9 Å². The fourth-order valence-corrected chi connectivity index (χ4v) is 2.46. The van der Waals surface area contributed by atoms with Crippen LogP contribution in [0.25, 0.3) is 0 Å². The topological polar surface area (TPSA) is 59.1 Å². The van der Waals surface area contributed by atoms with Crippen molar-refractivity contribution in [1.29, 1.82) is 5.41 Å². The van der Waals surface area contributed by atoms with Crippen molar-refractivity contribution >= 4 is 5.84 Å². The molecule has 1 aliphatic rings. The Kier molecular flexibility index (Phi) is 5.44. The molecule has 100 valence electrons. The summed E-state index contributed by atoms with van der Waals surface area (Å²) in [6, 6.07) is 0. The van der Waals surface area contributed by atoms with Crippen LogP contribution in [0.5, 0.6) is 0 Å². The zero-order chi connectivity index (χ0) is 12.9. The third-order valence-corrected chi connectivity index (χ3v) is 4.15. The Morgan fingerprint density at radius 2 is 2.00 bits per heavy atom. The van der Waals surface area contributed by atoms with Gasteiger partial charge in [0, 0.05) is 12.0 Å². The maximum Gasteiger partial charge on any atom is 0.0963 e. The maximum absolute atomic E-state index is 7.52. The van der Waals surface area contributed by atoms with E-state index in [-0.39, 0.29) is 11.3 Å². The largest absolute Gasteiger partial charge is 0.387 e. The molecule has 0 aliphatic heterocycles. The van der Waals surface area contributed by atoms with Crippen molar-refractivity contribution in [3.05, 3.63) is 0 Å². The van der Waals surface area contributed by atoms with Gasteiger partial charge in [0.25, 0.3) is 0 Å². The summed E-state index contributed by atoms with van der Waals surface area (Å²) in [6.45, 7) is 7.01. The standard InChI is InChI=1S/C14H28N2O/c1-4-11-7-5-6-8-12(11)17-10-9-14(2,3)13(15)16/h11-12H,4-10H2,1-3H3,(H3,15,16). The number of rotatable bonds is 6. The van der Waals surface area contributed by atoms with Crippen molar-refractivity contribution in [3.8, 4) is 0 Å². The number of nitrogens with two attached hydrogens (primary N) is 1. The molecule has 0 aromatic heterocycles. The van der Waals surface area contributed by atoms with Gasteiger partial charge in [-0.15, -0.1) is 0 Å². The van der Waals surface area contributed by atoms with Crippen LogP contribution in [0.4, 0.5) is 0 Å². The number of ether oxygens (including phenoxy) is 1. The van der Waals surface area contributed by atoms with Crippen molar-refractivity contribution in [2.75, 3.05) is 6.61 Å². The fraction of sp³-hybridized carbons (Fsp3) is 0.929. The Morgan fingerprint density at radius 1 is 1.35 bits per heavy atom. The predicted octanol–water partition coefficient (Wildman–Crippen LogP) is 3.32. The van der Waals surface area contributed by atoms with E-state index in [0.717, 1.165) is 18.9 Å². The molecule has 0 saturated heterocycles. The van der Waals surface area contributed by atoms with Crippen LogP contribution in [0, 0.1) is 16.7 Å². The number of nitrogens with one attached hydrogen (secondary N) is 1. The van der Waals surface area contributed by atoms with Gasteiger partial charge in [-0.3, -0.25) is 5.41 Å². The zero-order valence-electron chi connectivity index (χ0n) is 11.6. The lowest BCUT2D eigenvalue weighted by molar-refractivity contribution is -0.0184. The molecule has 0 bridgehead atoms. The van der Waals surface area contributed by atoms with Crippen molar-refractivity contribution in [2.24, 2.45) is 17.1 Å². The second-order valence-corrected chi connectivity index (χ2v) is 5.91. The van der Waals surface area contributed by atoms with Gasteiger partial charge in [0.2, 0.25) is 0 Å². The molecule has 3 N–H and O–H groups in total. The molecule has 0 aromatic rings. The van der Waals surface area contributed by atoms with Crippen LogP contribution in [0.1, 0.15) is 59.3 Å². The van der Waals surface area contributed by atoms with E-state index in [9.17, 15) is 0 Å². The minimum atomic E-state index is -0.226. The molecule has 1 rings (SSSR count). The third-order valence-electron chi connectivity index (χ3n) is 4.15. The summed E-state index contributed by atoms with van der Waals surface area (Å²) in [5, 5.41) is 7.52. The van der Waals surface area contributed by atoms with Gasteiger partial charge >= 0.3 is 0 Å². The molecule has 2 atom stereocenters. The van der Waals surface area contributed by atoms with Crippen LogP contribution >= 0.6 is 0 Å². The molecule has 0 spiro atoms. The van der Waals surface area contributed by atoms with Gasteiger partial charge in [-0.05, 0) is 25.2 Å². The SMILES string of the molecule is CCC1CCCCC1OCCC(C)(C)C(=N)N. The lowest BCUT2D eigenvalue weighted by Crippen LogP contribution is -2.34. The summed E-state index contributed by atoms with van der Waals surface area (Å²) >= 11 is 0. The van der Waals surface area contributed by atoms with Crippen molar-refractivity contribution in [2.45, 2.75) is 65.4 Å². The summed E-state index contributed by atoms with van der Waals surface area (Å²) in [5.41, 5.74) is 5.34. The summed E-state index contributed by atoms with van der Waals surface area (Å²) in [5.74, 6) is 1.00. The normalized spacial score (nSPS) is 25.8. The Balaban J connectivity index is 2.32. The van der Waals surface area contributed by atoms with Crippen molar-refractivity contribution in [1.82, 2.24) is 0 Å². The van der Waals surface area contributed by atoms with Crippen LogP contribution in [0.3, 0.4) is 0 Å².